The maximum Gasteiger partial charge on any atom is 0.271 e. The fourth-order valence-electron chi connectivity index (χ4n) is 3.77. The van der Waals surface area contributed by atoms with Gasteiger partial charge in [-0.2, -0.15) is 0 Å². The van der Waals surface area contributed by atoms with Crippen molar-refractivity contribution in [1.82, 2.24) is 24.8 Å². The highest BCUT2D eigenvalue weighted by molar-refractivity contribution is 5.87. The van der Waals surface area contributed by atoms with E-state index < -0.39 is 4.92 Å². The maximum absolute atomic E-state index is 11.0. The molecule has 0 unspecified atom stereocenters. The first-order valence-corrected chi connectivity index (χ1v) is 9.92. The first-order valence-electron chi connectivity index (χ1n) is 9.92. The number of nitro benzene ring substituents is 1. The summed E-state index contributed by atoms with van der Waals surface area (Å²) in [6, 6.07) is 7.22. The highest BCUT2D eigenvalue weighted by atomic mass is 16.6. The van der Waals surface area contributed by atoms with Crippen molar-refractivity contribution in [2.75, 3.05) is 24.7 Å². The van der Waals surface area contributed by atoms with E-state index in [4.69, 9.17) is 0 Å². The van der Waals surface area contributed by atoms with Gasteiger partial charge in [0.1, 0.15) is 17.4 Å². The quantitative estimate of drug-likeness (QED) is 0.467. The molecule has 0 bridgehead atoms. The number of hydrogen-bond acceptors (Lipinski definition) is 9. The van der Waals surface area contributed by atoms with Gasteiger partial charge in [0.25, 0.3) is 5.69 Å². The van der Waals surface area contributed by atoms with Crippen molar-refractivity contribution in [1.29, 1.82) is 0 Å². The Morgan fingerprint density at radius 2 is 1.93 bits per heavy atom. The average Bonchev–Trinajstić information content (AvgIpc) is 2.75. The van der Waals surface area contributed by atoms with Crippen molar-refractivity contribution in [2.24, 2.45) is 0 Å². The highest BCUT2D eigenvalue weighted by Crippen LogP contribution is 2.26. The molecule has 0 saturated heterocycles. The fourth-order valence-corrected chi connectivity index (χ4v) is 3.77. The largest absolute Gasteiger partial charge is 0.351 e. The maximum atomic E-state index is 11.0. The summed E-state index contributed by atoms with van der Waals surface area (Å²) in [7, 11) is 4.25. The Labute approximate surface area is 173 Å². The molecule has 0 radical (unpaired) electrons. The molecule has 156 valence electrons. The topological polar surface area (TPSA) is 122 Å². The van der Waals surface area contributed by atoms with E-state index in [1.54, 1.807) is 18.3 Å². The summed E-state index contributed by atoms with van der Waals surface area (Å²) in [5.41, 5.74) is 1.71. The number of nitro groups is 1. The number of nitrogens with zero attached hydrogens (tertiary/aromatic N) is 6. The van der Waals surface area contributed by atoms with Crippen molar-refractivity contribution in [3.8, 4) is 0 Å². The van der Waals surface area contributed by atoms with Crippen LogP contribution in [0.1, 0.15) is 25.7 Å². The highest BCUT2D eigenvalue weighted by Gasteiger charge is 2.23. The van der Waals surface area contributed by atoms with Gasteiger partial charge in [-0.15, -0.1) is 0 Å². The molecule has 10 heteroatoms. The zero-order chi connectivity index (χ0) is 21.1. The van der Waals surface area contributed by atoms with Gasteiger partial charge in [-0.1, -0.05) is 6.07 Å². The van der Waals surface area contributed by atoms with Crippen LogP contribution in [0.3, 0.4) is 0 Å². The third-order valence-electron chi connectivity index (χ3n) is 5.46. The summed E-state index contributed by atoms with van der Waals surface area (Å²) >= 11 is 0. The fraction of sp³-hybridized carbons (Fsp3) is 0.400. The molecule has 1 aliphatic rings. The molecule has 2 aromatic heterocycles. The predicted octanol–water partition coefficient (Wildman–Crippen LogP) is 3.36. The van der Waals surface area contributed by atoms with Crippen LogP contribution in [-0.2, 0) is 0 Å². The van der Waals surface area contributed by atoms with Crippen molar-refractivity contribution in [3.05, 3.63) is 46.9 Å². The predicted molar refractivity (Wildman–Crippen MR) is 115 cm³/mol. The molecule has 1 aromatic carbocycles. The summed E-state index contributed by atoms with van der Waals surface area (Å²) < 4.78 is 0. The smallest absolute Gasteiger partial charge is 0.271 e. The number of hydrogen-bond donors (Lipinski definition) is 2. The van der Waals surface area contributed by atoms with E-state index >= 15 is 0 Å². The molecular weight excluding hydrogens is 384 g/mol. The third-order valence-corrected chi connectivity index (χ3v) is 5.46. The van der Waals surface area contributed by atoms with E-state index in [0.29, 0.717) is 40.6 Å². The minimum Gasteiger partial charge on any atom is -0.351 e. The van der Waals surface area contributed by atoms with E-state index in [2.05, 4.69) is 49.6 Å². The number of fused-ring (bicyclic) bond motifs is 1. The van der Waals surface area contributed by atoms with Crippen LogP contribution >= 0.6 is 0 Å². The Bertz CT molecular complexity index is 1050. The molecule has 0 spiro atoms. The second-order valence-corrected chi connectivity index (χ2v) is 7.70. The Balaban J connectivity index is 1.54. The molecule has 4 rings (SSSR count). The van der Waals surface area contributed by atoms with Gasteiger partial charge in [-0.25, -0.2) is 19.9 Å². The lowest BCUT2D eigenvalue weighted by Gasteiger charge is -2.32. The van der Waals surface area contributed by atoms with Crippen LogP contribution in [0.2, 0.25) is 0 Å². The Morgan fingerprint density at radius 3 is 2.67 bits per heavy atom. The van der Waals surface area contributed by atoms with E-state index in [9.17, 15) is 10.1 Å². The van der Waals surface area contributed by atoms with Gasteiger partial charge in [0.2, 0.25) is 5.95 Å². The molecular formula is C20H24N8O2. The standard InChI is InChI=1S/C20H24N8O2/c1-27(2)15-8-6-13(7-9-15)25-20-21-11-17-18(26-20)19(23-12-22-17)24-14-4-3-5-16(10-14)28(29)30/h3-5,10-13,15H,6-9H2,1-2H3,(H,21,25,26)(H,22,23,24)/t13-,15-. The number of aromatic nitrogens is 4. The molecule has 10 nitrogen and oxygen atoms in total. The number of nitrogens with one attached hydrogen (secondary N) is 2. The SMILES string of the molecule is CN(C)[C@H]1CC[C@H](Nc2ncc3ncnc(Nc4cccc([N+](=O)[O-])c4)c3n2)CC1. The van der Waals surface area contributed by atoms with Crippen LogP contribution in [0.5, 0.6) is 0 Å². The minimum absolute atomic E-state index is 0.00340. The molecule has 30 heavy (non-hydrogen) atoms. The first kappa shape index (κ1) is 19.9. The lowest BCUT2D eigenvalue weighted by molar-refractivity contribution is -0.384. The summed E-state index contributed by atoms with van der Waals surface area (Å²) in [6.07, 6.45) is 7.49. The number of anilines is 3. The summed E-state index contributed by atoms with van der Waals surface area (Å²) in [5, 5.41) is 17.6. The average molecular weight is 408 g/mol. The monoisotopic (exact) mass is 408 g/mol. The van der Waals surface area contributed by atoms with E-state index in [1.807, 2.05) is 0 Å². The van der Waals surface area contributed by atoms with Gasteiger partial charge in [-0.3, -0.25) is 10.1 Å². The first-order chi connectivity index (χ1) is 14.5. The number of non-ortho nitro benzene ring substituents is 1. The Hall–Kier alpha value is -3.40. The van der Waals surface area contributed by atoms with Crippen LogP contribution in [-0.4, -0.2) is 55.9 Å². The Morgan fingerprint density at radius 1 is 1.13 bits per heavy atom. The van der Waals surface area contributed by atoms with Gasteiger partial charge in [0.15, 0.2) is 5.82 Å². The second kappa shape index (κ2) is 8.54. The summed E-state index contributed by atoms with van der Waals surface area (Å²) in [4.78, 5) is 30.4. The molecule has 1 fully saturated rings. The van der Waals surface area contributed by atoms with E-state index in [-0.39, 0.29) is 5.69 Å². The minimum atomic E-state index is -0.432. The Kier molecular flexibility index (Phi) is 5.66. The van der Waals surface area contributed by atoms with E-state index in [0.717, 1.165) is 25.7 Å². The molecule has 0 atom stereocenters. The van der Waals surface area contributed by atoms with Crippen LogP contribution in [0.4, 0.5) is 23.1 Å². The van der Waals surface area contributed by atoms with Gasteiger partial charge in [-0.05, 0) is 45.8 Å². The van der Waals surface area contributed by atoms with Gasteiger partial charge in [0, 0.05) is 29.9 Å². The molecule has 0 amide bonds. The summed E-state index contributed by atoms with van der Waals surface area (Å²) in [5.74, 6) is 1.01. The lowest BCUT2D eigenvalue weighted by Crippen LogP contribution is -2.36. The second-order valence-electron chi connectivity index (χ2n) is 7.70. The zero-order valence-electron chi connectivity index (χ0n) is 16.9. The number of benzene rings is 1. The lowest BCUT2D eigenvalue weighted by atomic mass is 9.91. The van der Waals surface area contributed by atoms with Gasteiger partial charge >= 0.3 is 0 Å². The zero-order valence-corrected chi connectivity index (χ0v) is 16.9. The van der Waals surface area contributed by atoms with Gasteiger partial charge in [0.05, 0.1) is 11.1 Å². The summed E-state index contributed by atoms with van der Waals surface area (Å²) in [6.45, 7) is 0. The number of rotatable bonds is 6. The van der Waals surface area contributed by atoms with Gasteiger partial charge < -0.3 is 15.5 Å². The van der Waals surface area contributed by atoms with Crippen LogP contribution in [0.15, 0.2) is 36.8 Å². The third kappa shape index (κ3) is 4.43. The molecule has 0 aliphatic heterocycles. The van der Waals surface area contributed by atoms with Crippen molar-refractivity contribution in [2.45, 2.75) is 37.8 Å². The van der Waals surface area contributed by atoms with Crippen LogP contribution < -0.4 is 10.6 Å². The molecule has 2 heterocycles. The molecule has 1 aliphatic carbocycles. The molecule has 1 saturated carbocycles. The molecule has 2 N–H and O–H groups in total. The van der Waals surface area contributed by atoms with Crippen LogP contribution in [0.25, 0.3) is 11.0 Å². The molecule has 3 aromatic rings. The van der Waals surface area contributed by atoms with Crippen LogP contribution in [0, 0.1) is 10.1 Å². The van der Waals surface area contributed by atoms with E-state index in [1.165, 1.54) is 18.5 Å². The van der Waals surface area contributed by atoms with Crippen molar-refractivity contribution in [3.63, 3.8) is 0 Å². The van der Waals surface area contributed by atoms with Crippen molar-refractivity contribution >= 4 is 34.2 Å². The normalized spacial score (nSPS) is 19.0. The van der Waals surface area contributed by atoms with Crippen molar-refractivity contribution < 1.29 is 4.92 Å².